The molecule has 1 aliphatic rings. The fourth-order valence-corrected chi connectivity index (χ4v) is 2.05. The molecule has 1 atom stereocenters. The number of ether oxygens (including phenoxy) is 2. The van der Waals surface area contributed by atoms with Crippen molar-refractivity contribution in [2.45, 2.75) is 13.3 Å². The smallest absolute Gasteiger partial charge is 0.319 e. The van der Waals surface area contributed by atoms with Gasteiger partial charge in [-0.2, -0.15) is 0 Å². The lowest BCUT2D eigenvalue weighted by Crippen LogP contribution is -2.33. The highest BCUT2D eigenvalue weighted by Crippen LogP contribution is 2.20. The summed E-state index contributed by atoms with van der Waals surface area (Å²) in [7, 11) is 1.62. The second-order valence-electron chi connectivity index (χ2n) is 4.75. The van der Waals surface area contributed by atoms with Crippen LogP contribution >= 0.6 is 0 Å². The number of hydrogen-bond donors (Lipinski definition) is 2. The van der Waals surface area contributed by atoms with E-state index in [9.17, 15) is 4.79 Å². The topological polar surface area (TPSA) is 59.6 Å². The van der Waals surface area contributed by atoms with Crippen molar-refractivity contribution in [2.24, 2.45) is 5.92 Å². The predicted octanol–water partition coefficient (Wildman–Crippen LogP) is 2.16. The molecule has 0 bridgehead atoms. The molecule has 1 aromatic rings. The molecule has 5 heteroatoms. The molecule has 0 spiro atoms. The molecule has 2 N–H and O–H groups in total. The fourth-order valence-electron chi connectivity index (χ4n) is 2.05. The molecule has 1 fully saturated rings. The van der Waals surface area contributed by atoms with Crippen molar-refractivity contribution in [3.05, 3.63) is 23.8 Å². The summed E-state index contributed by atoms with van der Waals surface area (Å²) in [6, 6.07) is 5.38. The van der Waals surface area contributed by atoms with Gasteiger partial charge in [0.1, 0.15) is 5.75 Å². The first kappa shape index (κ1) is 13.7. The van der Waals surface area contributed by atoms with Crippen molar-refractivity contribution >= 4 is 11.7 Å². The van der Waals surface area contributed by atoms with E-state index in [-0.39, 0.29) is 6.03 Å². The molecule has 1 aromatic carbocycles. The van der Waals surface area contributed by atoms with Gasteiger partial charge >= 0.3 is 6.03 Å². The highest BCUT2D eigenvalue weighted by atomic mass is 16.5. The number of rotatable bonds is 4. The van der Waals surface area contributed by atoms with Crippen LogP contribution in [-0.4, -0.2) is 32.9 Å². The van der Waals surface area contributed by atoms with Gasteiger partial charge in [0.15, 0.2) is 0 Å². The first-order chi connectivity index (χ1) is 9.19. The average Bonchev–Trinajstić information content (AvgIpc) is 2.92. The number of benzene rings is 1. The minimum atomic E-state index is -0.180. The predicted molar refractivity (Wildman–Crippen MR) is 73.7 cm³/mol. The van der Waals surface area contributed by atoms with Gasteiger partial charge in [-0.15, -0.1) is 0 Å². The van der Waals surface area contributed by atoms with E-state index in [1.807, 2.05) is 25.1 Å². The Hall–Kier alpha value is -1.75. The molecule has 1 saturated heterocycles. The molecular weight excluding hydrogens is 244 g/mol. The van der Waals surface area contributed by atoms with E-state index in [1.54, 1.807) is 7.11 Å². The highest BCUT2D eigenvalue weighted by Gasteiger charge is 2.16. The summed E-state index contributed by atoms with van der Waals surface area (Å²) in [4.78, 5) is 11.8. The Labute approximate surface area is 113 Å². The second-order valence-corrected chi connectivity index (χ2v) is 4.75. The van der Waals surface area contributed by atoms with E-state index in [2.05, 4.69) is 10.6 Å². The third-order valence-electron chi connectivity index (χ3n) is 3.26. The largest absolute Gasteiger partial charge is 0.497 e. The lowest BCUT2D eigenvalue weighted by atomic mass is 10.1. The molecular formula is C14H20N2O3. The number of urea groups is 1. The van der Waals surface area contributed by atoms with E-state index in [1.165, 1.54) is 0 Å². The van der Waals surface area contributed by atoms with Crippen LogP contribution in [-0.2, 0) is 4.74 Å². The van der Waals surface area contributed by atoms with E-state index >= 15 is 0 Å². The van der Waals surface area contributed by atoms with Crippen molar-refractivity contribution in [3.63, 3.8) is 0 Å². The minimum absolute atomic E-state index is 0.180. The Morgan fingerprint density at radius 1 is 1.53 bits per heavy atom. The van der Waals surface area contributed by atoms with Crippen molar-refractivity contribution in [1.82, 2.24) is 5.32 Å². The summed E-state index contributed by atoms with van der Waals surface area (Å²) in [6.07, 6.45) is 1.02. The molecule has 2 rings (SSSR count). The molecule has 0 aliphatic carbocycles. The summed E-state index contributed by atoms with van der Waals surface area (Å²) in [5.41, 5.74) is 1.76. The Morgan fingerprint density at radius 2 is 2.37 bits per heavy atom. The van der Waals surface area contributed by atoms with Gasteiger partial charge in [0.2, 0.25) is 0 Å². The number of carbonyl (C=O) groups excluding carboxylic acids is 1. The van der Waals surface area contributed by atoms with Gasteiger partial charge in [-0.05, 0) is 37.1 Å². The maximum atomic E-state index is 11.8. The van der Waals surface area contributed by atoms with Crippen LogP contribution in [0.15, 0.2) is 18.2 Å². The van der Waals surface area contributed by atoms with Gasteiger partial charge in [0.05, 0.1) is 13.7 Å². The molecule has 0 saturated carbocycles. The normalized spacial score (nSPS) is 18.1. The van der Waals surface area contributed by atoms with Gasteiger partial charge in [0.25, 0.3) is 0 Å². The van der Waals surface area contributed by atoms with E-state index in [0.717, 1.165) is 36.6 Å². The average molecular weight is 264 g/mol. The Balaban J connectivity index is 1.84. The van der Waals surface area contributed by atoms with Crippen molar-refractivity contribution in [3.8, 4) is 5.75 Å². The quantitative estimate of drug-likeness (QED) is 0.876. The van der Waals surface area contributed by atoms with Gasteiger partial charge in [0, 0.05) is 24.8 Å². The zero-order valence-electron chi connectivity index (χ0n) is 11.4. The van der Waals surface area contributed by atoms with Crippen LogP contribution in [0.25, 0.3) is 0 Å². The summed E-state index contributed by atoms with van der Waals surface area (Å²) >= 11 is 0. The maximum absolute atomic E-state index is 11.8. The van der Waals surface area contributed by atoms with Crippen molar-refractivity contribution in [2.75, 3.05) is 32.2 Å². The SMILES string of the molecule is COc1ccc(NC(=O)NCC2CCOC2)c(C)c1. The molecule has 1 heterocycles. The monoisotopic (exact) mass is 264 g/mol. The first-order valence-electron chi connectivity index (χ1n) is 6.46. The number of anilines is 1. The minimum Gasteiger partial charge on any atom is -0.497 e. The lowest BCUT2D eigenvalue weighted by molar-refractivity contribution is 0.185. The van der Waals surface area contributed by atoms with E-state index in [0.29, 0.717) is 12.5 Å². The van der Waals surface area contributed by atoms with E-state index in [4.69, 9.17) is 9.47 Å². The van der Waals surface area contributed by atoms with Crippen LogP contribution in [0.2, 0.25) is 0 Å². The Kier molecular flexibility index (Phi) is 4.63. The van der Waals surface area contributed by atoms with Crippen molar-refractivity contribution < 1.29 is 14.3 Å². The summed E-state index contributed by atoms with van der Waals surface area (Å²) < 4.78 is 10.4. The van der Waals surface area contributed by atoms with Gasteiger partial charge in [-0.25, -0.2) is 4.79 Å². The van der Waals surface area contributed by atoms with E-state index < -0.39 is 0 Å². The zero-order valence-corrected chi connectivity index (χ0v) is 11.4. The molecule has 104 valence electrons. The van der Waals surface area contributed by atoms with Crippen LogP contribution in [0.5, 0.6) is 5.75 Å². The molecule has 2 amide bonds. The zero-order chi connectivity index (χ0) is 13.7. The number of carbonyl (C=O) groups is 1. The van der Waals surface area contributed by atoms with Crippen LogP contribution < -0.4 is 15.4 Å². The first-order valence-corrected chi connectivity index (χ1v) is 6.46. The Bertz CT molecular complexity index is 442. The number of aryl methyl sites for hydroxylation is 1. The summed E-state index contributed by atoms with van der Waals surface area (Å²) in [5, 5.41) is 5.71. The third-order valence-corrected chi connectivity index (χ3v) is 3.26. The standard InChI is InChI=1S/C14H20N2O3/c1-10-7-12(18-2)3-4-13(10)16-14(17)15-8-11-5-6-19-9-11/h3-4,7,11H,5-6,8-9H2,1-2H3,(H2,15,16,17). The van der Waals surface area contributed by atoms with Gasteiger partial charge < -0.3 is 20.1 Å². The van der Waals surface area contributed by atoms with Crippen LogP contribution in [0.4, 0.5) is 10.5 Å². The summed E-state index contributed by atoms with van der Waals surface area (Å²) in [6.45, 7) is 4.12. The molecule has 0 aromatic heterocycles. The van der Waals surface area contributed by atoms with Gasteiger partial charge in [-0.1, -0.05) is 0 Å². The molecule has 5 nitrogen and oxygen atoms in total. The van der Waals surface area contributed by atoms with Crippen molar-refractivity contribution in [1.29, 1.82) is 0 Å². The molecule has 19 heavy (non-hydrogen) atoms. The number of nitrogens with one attached hydrogen (secondary N) is 2. The maximum Gasteiger partial charge on any atom is 0.319 e. The summed E-state index contributed by atoms with van der Waals surface area (Å²) in [5.74, 6) is 1.22. The highest BCUT2D eigenvalue weighted by molar-refractivity contribution is 5.90. The third kappa shape index (κ3) is 3.86. The van der Waals surface area contributed by atoms with Crippen LogP contribution in [0.3, 0.4) is 0 Å². The molecule has 0 radical (unpaired) electrons. The van der Waals surface area contributed by atoms with Gasteiger partial charge in [-0.3, -0.25) is 0 Å². The fraction of sp³-hybridized carbons (Fsp3) is 0.500. The lowest BCUT2D eigenvalue weighted by Gasteiger charge is -2.12. The number of hydrogen-bond acceptors (Lipinski definition) is 3. The Morgan fingerprint density at radius 3 is 3.00 bits per heavy atom. The molecule has 1 aliphatic heterocycles. The van der Waals surface area contributed by atoms with Crippen LogP contribution in [0, 0.1) is 12.8 Å². The molecule has 1 unspecified atom stereocenters. The second kappa shape index (κ2) is 6.43. The number of methoxy groups -OCH3 is 1. The number of amides is 2. The van der Waals surface area contributed by atoms with Crippen LogP contribution in [0.1, 0.15) is 12.0 Å².